The number of hydrogen-bond donors (Lipinski definition) is 2. The van der Waals surface area contributed by atoms with E-state index in [1.54, 1.807) is 0 Å². The van der Waals surface area contributed by atoms with Crippen LogP contribution in [0.3, 0.4) is 0 Å². The third-order valence-electron chi connectivity index (χ3n) is 1.94. The summed E-state index contributed by atoms with van der Waals surface area (Å²) in [5.74, 6) is -0.0651. The normalized spacial score (nSPS) is 10.3. The molecule has 0 saturated heterocycles. The third kappa shape index (κ3) is 5.80. The van der Waals surface area contributed by atoms with E-state index in [0.717, 1.165) is 13.7 Å². The molecule has 0 radical (unpaired) electrons. The maximum Gasteiger partial charge on any atom is 0.226 e. The molecule has 0 spiro atoms. The second-order valence-electron chi connectivity index (χ2n) is 3.32. The number of amides is 1. The molecule has 0 unspecified atom stereocenters. The fourth-order valence-electron chi connectivity index (χ4n) is 1.16. The van der Waals surface area contributed by atoms with Gasteiger partial charge in [0.25, 0.3) is 0 Å². The van der Waals surface area contributed by atoms with E-state index in [2.05, 4.69) is 43.8 Å². The van der Waals surface area contributed by atoms with Crippen molar-refractivity contribution >= 4 is 50.1 Å². The van der Waals surface area contributed by atoms with Crippen LogP contribution in [0.5, 0.6) is 0 Å². The Labute approximate surface area is 123 Å². The fraction of sp³-hybridized carbons (Fsp3) is 0.364. The summed E-state index contributed by atoms with van der Waals surface area (Å²) in [6, 6.07) is 5.77. The summed E-state index contributed by atoms with van der Waals surface area (Å²) >= 11 is 5.58. The van der Waals surface area contributed by atoms with Crippen LogP contribution < -0.4 is 11.1 Å². The molecule has 0 aliphatic heterocycles. The highest BCUT2D eigenvalue weighted by Crippen LogP contribution is 2.24. The monoisotopic (exact) mass is 412 g/mol. The standard InChI is InChI=1S/C11H14BrIN2O2/c12-9-2-1-8(13)7-10(9)15-11(16)3-5-17-6-4-14/h1-2,7H,3-6,14H2,(H,15,16). The maximum atomic E-state index is 11.6. The van der Waals surface area contributed by atoms with E-state index >= 15 is 0 Å². The molecule has 17 heavy (non-hydrogen) atoms. The summed E-state index contributed by atoms with van der Waals surface area (Å²) in [6.45, 7) is 1.36. The number of ether oxygens (including phenoxy) is 1. The third-order valence-corrected chi connectivity index (χ3v) is 3.30. The van der Waals surface area contributed by atoms with Crippen molar-refractivity contribution in [1.29, 1.82) is 0 Å². The van der Waals surface area contributed by atoms with Crippen molar-refractivity contribution in [2.24, 2.45) is 5.73 Å². The lowest BCUT2D eigenvalue weighted by Gasteiger charge is -2.08. The van der Waals surface area contributed by atoms with E-state index < -0.39 is 0 Å². The quantitative estimate of drug-likeness (QED) is 0.556. The molecule has 0 aliphatic rings. The van der Waals surface area contributed by atoms with Gasteiger partial charge in [-0.25, -0.2) is 0 Å². The van der Waals surface area contributed by atoms with Gasteiger partial charge in [0.15, 0.2) is 0 Å². The van der Waals surface area contributed by atoms with Crippen LogP contribution in [-0.2, 0) is 9.53 Å². The Bertz CT molecular complexity index is 388. The Morgan fingerprint density at radius 3 is 2.94 bits per heavy atom. The van der Waals surface area contributed by atoms with Crippen LogP contribution in [0.4, 0.5) is 5.69 Å². The van der Waals surface area contributed by atoms with Crippen LogP contribution in [-0.4, -0.2) is 25.7 Å². The van der Waals surface area contributed by atoms with Gasteiger partial charge in [0, 0.05) is 14.6 Å². The SMILES string of the molecule is NCCOCCC(=O)Nc1cc(I)ccc1Br. The number of nitrogens with two attached hydrogens (primary N) is 1. The largest absolute Gasteiger partial charge is 0.380 e. The molecule has 3 N–H and O–H groups in total. The van der Waals surface area contributed by atoms with Crippen LogP contribution in [0.15, 0.2) is 22.7 Å². The number of carbonyl (C=O) groups is 1. The zero-order valence-corrected chi connectivity index (χ0v) is 13.0. The van der Waals surface area contributed by atoms with Gasteiger partial charge in [0.1, 0.15) is 0 Å². The molecule has 0 bridgehead atoms. The summed E-state index contributed by atoms with van der Waals surface area (Å²) in [4.78, 5) is 11.6. The molecule has 0 heterocycles. The lowest BCUT2D eigenvalue weighted by Crippen LogP contribution is -2.16. The minimum absolute atomic E-state index is 0.0651. The summed E-state index contributed by atoms with van der Waals surface area (Å²) in [7, 11) is 0. The van der Waals surface area contributed by atoms with Crippen LogP contribution in [0, 0.1) is 3.57 Å². The molecule has 1 aromatic rings. The number of rotatable bonds is 6. The molecule has 94 valence electrons. The van der Waals surface area contributed by atoms with E-state index in [1.807, 2.05) is 18.2 Å². The van der Waals surface area contributed by atoms with Crippen molar-refractivity contribution in [2.75, 3.05) is 25.1 Å². The molecule has 4 nitrogen and oxygen atoms in total. The number of halogens is 2. The van der Waals surface area contributed by atoms with Crippen molar-refractivity contribution in [3.8, 4) is 0 Å². The average molecular weight is 413 g/mol. The number of nitrogens with one attached hydrogen (secondary N) is 1. The van der Waals surface area contributed by atoms with E-state index in [9.17, 15) is 4.79 Å². The Morgan fingerprint density at radius 1 is 1.47 bits per heavy atom. The van der Waals surface area contributed by atoms with Crippen molar-refractivity contribution in [3.63, 3.8) is 0 Å². The first-order chi connectivity index (χ1) is 8.13. The van der Waals surface area contributed by atoms with Gasteiger partial charge >= 0.3 is 0 Å². The van der Waals surface area contributed by atoms with Crippen LogP contribution in [0.2, 0.25) is 0 Å². The van der Waals surface area contributed by atoms with Crippen molar-refractivity contribution in [1.82, 2.24) is 0 Å². The number of carbonyl (C=O) groups excluding carboxylic acids is 1. The Kier molecular flexibility index (Phi) is 7.02. The van der Waals surface area contributed by atoms with Crippen molar-refractivity contribution in [2.45, 2.75) is 6.42 Å². The predicted octanol–water partition coefficient (Wildman–Crippen LogP) is 2.36. The highest BCUT2D eigenvalue weighted by atomic mass is 127. The number of benzene rings is 1. The minimum Gasteiger partial charge on any atom is -0.380 e. The first-order valence-electron chi connectivity index (χ1n) is 5.16. The molecule has 0 aromatic heterocycles. The van der Waals surface area contributed by atoms with Gasteiger partial charge < -0.3 is 15.8 Å². The van der Waals surface area contributed by atoms with Gasteiger partial charge in [-0.15, -0.1) is 0 Å². The Balaban J connectivity index is 2.42. The molecular weight excluding hydrogens is 399 g/mol. The zero-order chi connectivity index (χ0) is 12.7. The van der Waals surface area contributed by atoms with E-state index in [0.29, 0.717) is 26.2 Å². The molecule has 1 amide bonds. The van der Waals surface area contributed by atoms with Gasteiger partial charge in [-0.1, -0.05) is 0 Å². The molecule has 6 heteroatoms. The molecule has 0 fully saturated rings. The first-order valence-corrected chi connectivity index (χ1v) is 7.03. The Morgan fingerprint density at radius 2 is 2.24 bits per heavy atom. The smallest absolute Gasteiger partial charge is 0.226 e. The maximum absolute atomic E-state index is 11.6. The summed E-state index contributed by atoms with van der Waals surface area (Å²) in [5.41, 5.74) is 6.05. The van der Waals surface area contributed by atoms with Crippen molar-refractivity contribution < 1.29 is 9.53 Å². The number of anilines is 1. The lowest BCUT2D eigenvalue weighted by molar-refractivity contribution is -0.117. The van der Waals surface area contributed by atoms with Gasteiger partial charge in [-0.05, 0) is 56.7 Å². The lowest BCUT2D eigenvalue weighted by atomic mass is 10.3. The molecular formula is C11H14BrIN2O2. The predicted molar refractivity (Wildman–Crippen MR) is 80.0 cm³/mol. The topological polar surface area (TPSA) is 64.3 Å². The second-order valence-corrected chi connectivity index (χ2v) is 5.42. The van der Waals surface area contributed by atoms with Crippen molar-refractivity contribution in [3.05, 3.63) is 26.2 Å². The average Bonchev–Trinajstić information content (AvgIpc) is 2.29. The van der Waals surface area contributed by atoms with Gasteiger partial charge in [-0.2, -0.15) is 0 Å². The molecule has 1 aromatic carbocycles. The fourth-order valence-corrected chi connectivity index (χ4v) is 1.99. The van der Waals surface area contributed by atoms with Crippen LogP contribution in [0.25, 0.3) is 0 Å². The molecule has 0 atom stereocenters. The van der Waals surface area contributed by atoms with Gasteiger partial charge in [-0.3, -0.25) is 4.79 Å². The highest BCUT2D eigenvalue weighted by Gasteiger charge is 2.05. The molecule has 1 rings (SSSR count). The number of hydrogen-bond acceptors (Lipinski definition) is 3. The summed E-state index contributed by atoms with van der Waals surface area (Å²) < 4.78 is 7.09. The second kappa shape index (κ2) is 8.02. The van der Waals surface area contributed by atoms with E-state index in [-0.39, 0.29) is 5.91 Å². The molecule has 0 aliphatic carbocycles. The first kappa shape index (κ1) is 14.9. The van der Waals surface area contributed by atoms with Crippen LogP contribution >= 0.6 is 38.5 Å². The zero-order valence-electron chi connectivity index (χ0n) is 9.21. The van der Waals surface area contributed by atoms with Crippen LogP contribution in [0.1, 0.15) is 6.42 Å². The van der Waals surface area contributed by atoms with Gasteiger partial charge in [0.05, 0.1) is 25.3 Å². The summed E-state index contributed by atoms with van der Waals surface area (Å²) in [5, 5.41) is 2.83. The summed E-state index contributed by atoms with van der Waals surface area (Å²) in [6.07, 6.45) is 0.331. The highest BCUT2D eigenvalue weighted by molar-refractivity contribution is 14.1. The van der Waals surface area contributed by atoms with E-state index in [1.165, 1.54) is 0 Å². The van der Waals surface area contributed by atoms with E-state index in [4.69, 9.17) is 10.5 Å². The minimum atomic E-state index is -0.0651. The Hall–Kier alpha value is -0.180. The molecule has 0 saturated carbocycles. The van der Waals surface area contributed by atoms with Gasteiger partial charge in [0.2, 0.25) is 5.91 Å².